The van der Waals surface area contributed by atoms with Crippen molar-refractivity contribution in [3.05, 3.63) is 11.9 Å². The Bertz CT molecular complexity index is 527. The van der Waals surface area contributed by atoms with Gasteiger partial charge in [0.1, 0.15) is 18.9 Å². The molecule has 1 aromatic heterocycles. The Kier molecular flexibility index (Phi) is 23.0. The standard InChI is InChI=1S/C15H27N5O6.2C2H6/c1-13(21)25-10-9-24-8-7-23-6-4-20-12-14(18-19-20)11-17-15(22)26-5-3-16-2;2*1-2/h12,16H,3-11H2,1-2H3,(H,17,22);2*1-2H3. The molecule has 0 bridgehead atoms. The van der Waals surface area contributed by atoms with Crippen molar-refractivity contribution in [3.63, 3.8) is 0 Å². The van der Waals surface area contributed by atoms with Crippen LogP contribution in [0.3, 0.4) is 0 Å². The van der Waals surface area contributed by atoms with E-state index in [-0.39, 0.29) is 19.1 Å². The molecule has 1 amide bonds. The number of nitrogens with zero attached hydrogens (tertiary/aromatic N) is 3. The number of hydrogen-bond donors (Lipinski definition) is 2. The van der Waals surface area contributed by atoms with Crippen molar-refractivity contribution >= 4 is 12.1 Å². The van der Waals surface area contributed by atoms with Crippen LogP contribution in [0.5, 0.6) is 0 Å². The average Bonchev–Trinajstić information content (AvgIpc) is 3.22. The number of nitrogens with one attached hydrogen (secondary N) is 2. The maximum atomic E-state index is 11.4. The molecule has 11 heteroatoms. The Morgan fingerprint density at radius 2 is 1.60 bits per heavy atom. The van der Waals surface area contributed by atoms with Crippen LogP contribution >= 0.6 is 0 Å². The zero-order chi connectivity index (χ0) is 23.0. The van der Waals surface area contributed by atoms with E-state index in [0.29, 0.717) is 51.8 Å². The van der Waals surface area contributed by atoms with Gasteiger partial charge >= 0.3 is 12.1 Å². The molecule has 1 rings (SSSR count). The molecule has 0 saturated heterocycles. The lowest BCUT2D eigenvalue weighted by atomic mass is 10.5. The van der Waals surface area contributed by atoms with Crippen molar-refractivity contribution in [2.75, 3.05) is 53.2 Å². The fraction of sp³-hybridized carbons (Fsp3) is 0.789. The summed E-state index contributed by atoms with van der Waals surface area (Å²) < 4.78 is 21.9. The Labute approximate surface area is 179 Å². The summed E-state index contributed by atoms with van der Waals surface area (Å²) in [4.78, 5) is 21.9. The zero-order valence-electron chi connectivity index (χ0n) is 19.2. The molecule has 0 fully saturated rings. The summed E-state index contributed by atoms with van der Waals surface area (Å²) >= 11 is 0. The van der Waals surface area contributed by atoms with Crippen LogP contribution < -0.4 is 10.6 Å². The molecule has 0 aromatic carbocycles. The van der Waals surface area contributed by atoms with Crippen LogP contribution in [-0.4, -0.2) is 80.3 Å². The number of carbonyl (C=O) groups is 2. The number of likely N-dealkylation sites (N-methyl/N-ethyl adjacent to an activating group) is 1. The Morgan fingerprint density at radius 3 is 2.23 bits per heavy atom. The molecule has 30 heavy (non-hydrogen) atoms. The number of alkyl carbamates (subject to hydrolysis) is 1. The Balaban J connectivity index is 0. The van der Waals surface area contributed by atoms with Crippen LogP contribution in [0.1, 0.15) is 40.3 Å². The van der Waals surface area contributed by atoms with Crippen LogP contribution in [-0.2, 0) is 36.8 Å². The fourth-order valence-corrected chi connectivity index (χ4v) is 1.71. The number of esters is 1. The number of ether oxygens (including phenoxy) is 4. The molecule has 0 unspecified atom stereocenters. The first-order valence-corrected chi connectivity index (χ1v) is 10.3. The SMILES string of the molecule is CC.CC.CNCCOC(=O)NCc1cn(CCOCCOCCOC(C)=O)nn1. The first-order valence-electron chi connectivity index (χ1n) is 10.3. The highest BCUT2D eigenvalue weighted by atomic mass is 16.6. The van der Waals surface area contributed by atoms with Crippen LogP contribution in [0.15, 0.2) is 6.20 Å². The van der Waals surface area contributed by atoms with Crippen LogP contribution in [0, 0.1) is 0 Å². The molecular formula is C19H39N5O6. The van der Waals surface area contributed by atoms with Crippen molar-refractivity contribution in [2.24, 2.45) is 0 Å². The molecule has 176 valence electrons. The van der Waals surface area contributed by atoms with E-state index in [0.717, 1.165) is 0 Å². The summed E-state index contributed by atoms with van der Waals surface area (Å²) in [6.45, 7) is 12.9. The lowest BCUT2D eigenvalue weighted by Crippen LogP contribution is -2.26. The average molecular weight is 434 g/mol. The third-order valence-corrected chi connectivity index (χ3v) is 2.95. The molecule has 11 nitrogen and oxygen atoms in total. The molecule has 0 aliphatic heterocycles. The number of carbonyl (C=O) groups excluding carboxylic acids is 2. The van der Waals surface area contributed by atoms with Gasteiger partial charge in [0, 0.05) is 13.5 Å². The van der Waals surface area contributed by atoms with Gasteiger partial charge in [-0.1, -0.05) is 32.9 Å². The van der Waals surface area contributed by atoms with E-state index in [1.54, 1.807) is 17.9 Å². The van der Waals surface area contributed by atoms with Gasteiger partial charge < -0.3 is 29.6 Å². The third kappa shape index (κ3) is 19.1. The highest BCUT2D eigenvalue weighted by Crippen LogP contribution is 1.94. The number of hydrogen-bond acceptors (Lipinski definition) is 9. The molecule has 0 spiro atoms. The Morgan fingerprint density at radius 1 is 0.967 bits per heavy atom. The molecular weight excluding hydrogens is 394 g/mol. The van der Waals surface area contributed by atoms with Gasteiger partial charge in [-0.25, -0.2) is 9.48 Å². The zero-order valence-corrected chi connectivity index (χ0v) is 19.2. The van der Waals surface area contributed by atoms with Gasteiger partial charge in [-0.3, -0.25) is 4.79 Å². The van der Waals surface area contributed by atoms with Gasteiger partial charge in [0.15, 0.2) is 0 Å². The van der Waals surface area contributed by atoms with Crippen LogP contribution in [0.4, 0.5) is 4.79 Å². The quantitative estimate of drug-likeness (QED) is 0.330. The van der Waals surface area contributed by atoms with E-state index in [1.807, 2.05) is 27.7 Å². The first-order chi connectivity index (χ1) is 14.6. The minimum Gasteiger partial charge on any atom is -0.463 e. The summed E-state index contributed by atoms with van der Waals surface area (Å²) in [5, 5.41) is 13.4. The van der Waals surface area contributed by atoms with Crippen molar-refractivity contribution in [1.82, 2.24) is 25.6 Å². The molecule has 0 saturated carbocycles. The van der Waals surface area contributed by atoms with E-state index >= 15 is 0 Å². The second-order valence-corrected chi connectivity index (χ2v) is 5.13. The van der Waals surface area contributed by atoms with Crippen LogP contribution in [0.2, 0.25) is 0 Å². The third-order valence-electron chi connectivity index (χ3n) is 2.95. The summed E-state index contributed by atoms with van der Waals surface area (Å²) in [6, 6.07) is 0. The van der Waals surface area contributed by atoms with Gasteiger partial charge in [-0.15, -0.1) is 5.10 Å². The normalized spacial score (nSPS) is 9.53. The van der Waals surface area contributed by atoms with E-state index < -0.39 is 6.09 Å². The number of amides is 1. The summed E-state index contributed by atoms with van der Waals surface area (Å²) in [6.07, 6.45) is 1.24. The van der Waals surface area contributed by atoms with Gasteiger partial charge in [0.05, 0.1) is 45.7 Å². The van der Waals surface area contributed by atoms with E-state index in [9.17, 15) is 9.59 Å². The van der Waals surface area contributed by atoms with Gasteiger partial charge in [-0.05, 0) is 7.05 Å². The predicted molar refractivity (Wildman–Crippen MR) is 113 cm³/mol. The largest absolute Gasteiger partial charge is 0.463 e. The van der Waals surface area contributed by atoms with E-state index in [2.05, 4.69) is 20.9 Å². The van der Waals surface area contributed by atoms with Crippen molar-refractivity contribution in [3.8, 4) is 0 Å². The second-order valence-electron chi connectivity index (χ2n) is 5.13. The van der Waals surface area contributed by atoms with Crippen molar-refractivity contribution in [1.29, 1.82) is 0 Å². The summed E-state index contributed by atoms with van der Waals surface area (Å²) in [7, 11) is 1.78. The van der Waals surface area contributed by atoms with Crippen LogP contribution in [0.25, 0.3) is 0 Å². The van der Waals surface area contributed by atoms with E-state index in [1.165, 1.54) is 6.92 Å². The number of aromatic nitrogens is 3. The predicted octanol–water partition coefficient (Wildman–Crippen LogP) is 1.37. The maximum absolute atomic E-state index is 11.4. The molecule has 0 aliphatic rings. The Hall–Kier alpha value is -2.24. The smallest absolute Gasteiger partial charge is 0.407 e. The van der Waals surface area contributed by atoms with Crippen molar-refractivity contribution in [2.45, 2.75) is 47.7 Å². The monoisotopic (exact) mass is 433 g/mol. The minimum absolute atomic E-state index is 0.244. The number of rotatable bonds is 14. The lowest BCUT2D eigenvalue weighted by molar-refractivity contribution is -0.142. The highest BCUT2D eigenvalue weighted by molar-refractivity contribution is 5.67. The highest BCUT2D eigenvalue weighted by Gasteiger charge is 2.05. The van der Waals surface area contributed by atoms with Gasteiger partial charge in [0.2, 0.25) is 0 Å². The summed E-state index contributed by atoms with van der Waals surface area (Å²) in [5.74, 6) is -0.321. The molecule has 1 heterocycles. The fourth-order valence-electron chi connectivity index (χ4n) is 1.71. The van der Waals surface area contributed by atoms with Gasteiger partial charge in [0.25, 0.3) is 0 Å². The molecule has 1 aromatic rings. The summed E-state index contributed by atoms with van der Waals surface area (Å²) in [5.41, 5.74) is 0.629. The second kappa shape index (κ2) is 23.0. The topological polar surface area (TPSA) is 126 Å². The molecule has 0 aliphatic carbocycles. The van der Waals surface area contributed by atoms with E-state index in [4.69, 9.17) is 18.9 Å². The van der Waals surface area contributed by atoms with Gasteiger partial charge in [-0.2, -0.15) is 0 Å². The molecule has 0 radical (unpaired) electrons. The molecule has 2 N–H and O–H groups in total. The lowest BCUT2D eigenvalue weighted by Gasteiger charge is -2.06. The van der Waals surface area contributed by atoms with Crippen molar-refractivity contribution < 1.29 is 28.5 Å². The first kappa shape index (κ1) is 30.0. The minimum atomic E-state index is -0.494. The molecule has 0 atom stereocenters. The maximum Gasteiger partial charge on any atom is 0.407 e.